The number of hydrogen-bond acceptors (Lipinski definition) is 6. The van der Waals surface area contributed by atoms with E-state index in [1.165, 1.54) is 0 Å². The van der Waals surface area contributed by atoms with Crippen molar-refractivity contribution < 1.29 is 29.3 Å². The number of alkyl halides is 1. The van der Waals surface area contributed by atoms with Crippen LogP contribution in [0.4, 0.5) is 0 Å². The summed E-state index contributed by atoms with van der Waals surface area (Å²) in [7, 11) is 0. The van der Waals surface area contributed by atoms with Gasteiger partial charge < -0.3 is 14.9 Å². The van der Waals surface area contributed by atoms with Gasteiger partial charge in [-0.05, 0) is 79.9 Å². The molecule has 0 radical (unpaired) electrons. The van der Waals surface area contributed by atoms with Crippen molar-refractivity contribution in [1.29, 1.82) is 0 Å². The lowest BCUT2D eigenvalue weighted by Crippen LogP contribution is -2.63. The smallest absolute Gasteiger partial charge is 0.339 e. The fourth-order valence-corrected chi connectivity index (χ4v) is 8.46. The molecule has 3 saturated carbocycles. The standard InChI is InChI=1S/C28H33ClO6/c1-26-12-10-18(30)14-17(26)8-9-19-20-11-13-28(23(32)24(29)33,27(20,2)15-21(31)22(19)26)35-25(34)16-6-4-3-5-7-16/h3-7,14,19-22,24,31,33H,8-13,15H2,1-2H3/t19-,20-,21-,22+,24?,26-,27-,28-/m0/s1. The molecule has 6 nitrogen and oxygen atoms in total. The molecule has 0 spiro atoms. The molecule has 1 aromatic rings. The van der Waals surface area contributed by atoms with E-state index in [9.17, 15) is 24.6 Å². The van der Waals surface area contributed by atoms with Crippen molar-refractivity contribution in [3.8, 4) is 0 Å². The summed E-state index contributed by atoms with van der Waals surface area (Å²) >= 11 is 5.93. The molecule has 8 atom stereocenters. The molecule has 2 N–H and O–H groups in total. The molecule has 0 bridgehead atoms. The first-order valence-electron chi connectivity index (χ1n) is 12.6. The fourth-order valence-electron chi connectivity index (χ4n) is 8.28. The number of Topliss-reactive ketones (excluding diaryl/α,β-unsaturated/α-hetero) is 1. The second kappa shape index (κ2) is 8.53. The highest BCUT2D eigenvalue weighted by molar-refractivity contribution is 6.31. The lowest BCUT2D eigenvalue weighted by Gasteiger charge is -2.60. The Kier molecular flexibility index (Phi) is 6.01. The summed E-state index contributed by atoms with van der Waals surface area (Å²) in [6, 6.07) is 8.48. The summed E-state index contributed by atoms with van der Waals surface area (Å²) in [6.07, 6.45) is 4.97. The number of esters is 1. The van der Waals surface area contributed by atoms with Crippen LogP contribution in [0, 0.1) is 28.6 Å². The van der Waals surface area contributed by atoms with Crippen LogP contribution in [0.5, 0.6) is 0 Å². The van der Waals surface area contributed by atoms with Gasteiger partial charge in [-0.1, -0.05) is 49.2 Å². The van der Waals surface area contributed by atoms with Gasteiger partial charge in [0.05, 0.1) is 11.7 Å². The second-order valence-electron chi connectivity index (χ2n) is 11.4. The molecule has 188 valence electrons. The van der Waals surface area contributed by atoms with E-state index < -0.39 is 34.4 Å². The Balaban J connectivity index is 1.54. The summed E-state index contributed by atoms with van der Waals surface area (Å²) in [5, 5.41) is 21.8. The summed E-state index contributed by atoms with van der Waals surface area (Å²) in [6.45, 7) is 4.08. The van der Waals surface area contributed by atoms with Gasteiger partial charge in [-0.3, -0.25) is 9.59 Å². The predicted molar refractivity (Wildman–Crippen MR) is 130 cm³/mol. The molecular formula is C28H33ClO6. The fraction of sp³-hybridized carbons (Fsp3) is 0.607. The molecule has 0 aromatic heterocycles. The van der Waals surface area contributed by atoms with E-state index in [4.69, 9.17) is 16.3 Å². The lowest BCUT2D eigenvalue weighted by molar-refractivity contribution is -0.184. The zero-order valence-electron chi connectivity index (χ0n) is 20.2. The summed E-state index contributed by atoms with van der Waals surface area (Å²) in [5.74, 6) is -1.12. The summed E-state index contributed by atoms with van der Waals surface area (Å²) < 4.78 is 6.05. The van der Waals surface area contributed by atoms with Crippen LogP contribution in [0.25, 0.3) is 0 Å². The maximum atomic E-state index is 13.5. The van der Waals surface area contributed by atoms with Gasteiger partial charge in [-0.25, -0.2) is 4.79 Å². The Bertz CT molecular complexity index is 1080. The van der Waals surface area contributed by atoms with E-state index in [1.807, 2.05) is 6.92 Å². The van der Waals surface area contributed by atoms with Gasteiger partial charge in [0.1, 0.15) is 0 Å². The molecule has 0 amide bonds. The van der Waals surface area contributed by atoms with Gasteiger partial charge in [0, 0.05) is 11.8 Å². The third kappa shape index (κ3) is 3.55. The van der Waals surface area contributed by atoms with Crippen LogP contribution in [0.15, 0.2) is 42.0 Å². The minimum atomic E-state index is -1.81. The molecule has 3 fully saturated rings. The number of carbonyl (C=O) groups excluding carboxylic acids is 3. The Hall–Kier alpha value is -2.02. The minimum absolute atomic E-state index is 0.00911. The first kappa shape index (κ1) is 24.7. The van der Waals surface area contributed by atoms with E-state index in [0.717, 1.165) is 18.4 Å². The van der Waals surface area contributed by atoms with Gasteiger partial charge in [0.2, 0.25) is 5.78 Å². The van der Waals surface area contributed by atoms with Crippen molar-refractivity contribution in [2.24, 2.45) is 28.6 Å². The maximum Gasteiger partial charge on any atom is 0.339 e. The number of fused-ring (bicyclic) bond motifs is 5. The molecule has 35 heavy (non-hydrogen) atoms. The van der Waals surface area contributed by atoms with Crippen LogP contribution in [0.2, 0.25) is 0 Å². The number of aliphatic hydroxyl groups is 2. The number of benzene rings is 1. The molecule has 1 aromatic carbocycles. The zero-order valence-corrected chi connectivity index (χ0v) is 21.0. The number of allylic oxidation sites excluding steroid dienone is 1. The second-order valence-corrected chi connectivity index (χ2v) is 11.8. The molecule has 5 rings (SSSR count). The van der Waals surface area contributed by atoms with Gasteiger partial charge in [0.15, 0.2) is 16.9 Å². The number of ketones is 2. The molecule has 0 aliphatic heterocycles. The molecule has 0 saturated heterocycles. The summed E-state index contributed by atoms with van der Waals surface area (Å²) in [4.78, 5) is 38.8. The van der Waals surface area contributed by atoms with Crippen molar-refractivity contribution in [1.82, 2.24) is 0 Å². The van der Waals surface area contributed by atoms with E-state index in [1.54, 1.807) is 36.4 Å². The molecular weight excluding hydrogens is 468 g/mol. The van der Waals surface area contributed by atoms with Crippen LogP contribution in [0.1, 0.15) is 69.2 Å². The van der Waals surface area contributed by atoms with Crippen LogP contribution in [-0.4, -0.2) is 45.0 Å². The van der Waals surface area contributed by atoms with Crippen LogP contribution in [0.3, 0.4) is 0 Å². The average Bonchev–Trinajstić information content (AvgIpc) is 3.11. The van der Waals surface area contributed by atoms with E-state index in [-0.39, 0.29) is 41.8 Å². The largest absolute Gasteiger partial charge is 0.447 e. The number of halogens is 1. The molecule has 0 heterocycles. The van der Waals surface area contributed by atoms with E-state index in [2.05, 4.69) is 6.92 Å². The van der Waals surface area contributed by atoms with Gasteiger partial charge >= 0.3 is 5.97 Å². The zero-order chi connectivity index (χ0) is 25.2. The number of rotatable bonds is 4. The SMILES string of the molecule is C[C@]12CCC(=O)C=C1CC[C@@H]1[C@@H]2[C@@H](O)C[C@@]2(C)[C@H]1CC[C@]2(OC(=O)c1ccccc1)C(=O)C(O)Cl. The molecule has 4 aliphatic rings. The molecule has 1 unspecified atom stereocenters. The normalized spacial score (nSPS) is 41.2. The third-order valence-electron chi connectivity index (χ3n) is 9.91. The number of carbonyl (C=O) groups is 3. The van der Waals surface area contributed by atoms with Crippen molar-refractivity contribution in [2.45, 2.75) is 76.1 Å². The quantitative estimate of drug-likeness (QED) is 0.474. The summed E-state index contributed by atoms with van der Waals surface area (Å²) in [5.41, 5.74) is -3.14. The van der Waals surface area contributed by atoms with E-state index >= 15 is 0 Å². The average molecular weight is 501 g/mol. The third-order valence-corrected chi connectivity index (χ3v) is 10.1. The number of hydrogen-bond donors (Lipinski definition) is 2. The van der Waals surface area contributed by atoms with Crippen molar-refractivity contribution >= 4 is 29.1 Å². The maximum absolute atomic E-state index is 13.5. The molecule has 4 aliphatic carbocycles. The minimum Gasteiger partial charge on any atom is -0.447 e. The Morgan fingerprint density at radius 2 is 1.83 bits per heavy atom. The van der Waals surface area contributed by atoms with E-state index in [0.29, 0.717) is 24.8 Å². The van der Waals surface area contributed by atoms with Crippen LogP contribution >= 0.6 is 11.6 Å². The topological polar surface area (TPSA) is 101 Å². The predicted octanol–water partition coefficient (Wildman–Crippen LogP) is 4.21. The lowest BCUT2D eigenvalue weighted by atomic mass is 9.45. The van der Waals surface area contributed by atoms with Gasteiger partial charge in [-0.2, -0.15) is 0 Å². The van der Waals surface area contributed by atoms with Crippen LogP contribution in [-0.2, 0) is 14.3 Å². The van der Waals surface area contributed by atoms with Gasteiger partial charge in [-0.15, -0.1) is 0 Å². The monoisotopic (exact) mass is 500 g/mol. The number of ether oxygens (including phenoxy) is 1. The van der Waals surface area contributed by atoms with Crippen molar-refractivity contribution in [2.75, 3.05) is 0 Å². The van der Waals surface area contributed by atoms with Crippen LogP contribution < -0.4 is 0 Å². The first-order valence-corrected chi connectivity index (χ1v) is 13.0. The highest BCUT2D eigenvalue weighted by Crippen LogP contribution is 2.68. The van der Waals surface area contributed by atoms with Gasteiger partial charge in [0.25, 0.3) is 0 Å². The highest BCUT2D eigenvalue weighted by Gasteiger charge is 2.71. The van der Waals surface area contributed by atoms with Crippen molar-refractivity contribution in [3.05, 3.63) is 47.5 Å². The highest BCUT2D eigenvalue weighted by atomic mass is 35.5. The number of aliphatic hydroxyl groups excluding tert-OH is 2. The van der Waals surface area contributed by atoms with Crippen molar-refractivity contribution in [3.63, 3.8) is 0 Å². The Morgan fingerprint density at radius 3 is 2.51 bits per heavy atom. The Morgan fingerprint density at radius 1 is 1.11 bits per heavy atom. The molecule has 7 heteroatoms. The Labute approximate surface area is 210 Å². The first-order chi connectivity index (χ1) is 16.5.